The summed E-state index contributed by atoms with van der Waals surface area (Å²) in [6, 6.07) is 0. The Bertz CT molecular complexity index is 101. The van der Waals surface area contributed by atoms with Crippen LogP contribution in [0, 0.1) is 0 Å². The molecule has 0 amide bonds. The van der Waals surface area contributed by atoms with Gasteiger partial charge in [-0.2, -0.15) is 0 Å². The monoisotopic (exact) mass is 251 g/mol. The maximum absolute atomic E-state index is 5.07. The van der Waals surface area contributed by atoms with E-state index in [2.05, 4.69) is 27.8 Å². The van der Waals surface area contributed by atoms with E-state index in [1.165, 1.54) is 25.8 Å². The normalized spacial score (nSPS) is 11.1. The maximum atomic E-state index is 5.07. The number of nitrogens with zero attached hydrogens (tertiary/aromatic N) is 1. The molecule has 0 aliphatic heterocycles. The molecule has 0 bridgehead atoms. The average Bonchev–Trinajstić information content (AvgIpc) is 2.14. The van der Waals surface area contributed by atoms with E-state index in [4.69, 9.17) is 4.74 Å². The van der Waals surface area contributed by atoms with Crippen molar-refractivity contribution in [2.45, 2.75) is 26.2 Å². The van der Waals surface area contributed by atoms with Crippen LogP contribution in [0.4, 0.5) is 0 Å². The smallest absolute Gasteiger partial charge is 0.0589 e. The molecule has 0 fully saturated rings. The molecule has 3 heteroatoms. The second-order valence-corrected chi connectivity index (χ2v) is 4.02. The van der Waals surface area contributed by atoms with Crippen LogP contribution >= 0.6 is 15.9 Å². The number of hydrogen-bond acceptors (Lipinski definition) is 2. The van der Waals surface area contributed by atoms with E-state index >= 15 is 0 Å². The van der Waals surface area contributed by atoms with Gasteiger partial charge in [0, 0.05) is 25.5 Å². The predicted molar refractivity (Wildman–Crippen MR) is 61.6 cm³/mol. The Hall–Kier alpha value is 0.400. The molecule has 0 aromatic heterocycles. The SMILES string of the molecule is CCCCCN(CCBr)CCOC. The van der Waals surface area contributed by atoms with Crippen molar-refractivity contribution in [1.29, 1.82) is 0 Å². The van der Waals surface area contributed by atoms with Gasteiger partial charge in [-0.3, -0.25) is 0 Å². The topological polar surface area (TPSA) is 12.5 Å². The van der Waals surface area contributed by atoms with Crippen LogP contribution in [0.3, 0.4) is 0 Å². The summed E-state index contributed by atoms with van der Waals surface area (Å²) in [6.07, 6.45) is 3.95. The third-order valence-corrected chi connectivity index (χ3v) is 2.44. The first-order valence-electron chi connectivity index (χ1n) is 5.12. The molecule has 0 saturated heterocycles. The Balaban J connectivity index is 3.41. The summed E-state index contributed by atoms with van der Waals surface area (Å²) in [5.74, 6) is 0. The molecule has 0 atom stereocenters. The van der Waals surface area contributed by atoms with E-state index in [0.717, 1.165) is 25.0 Å². The molecule has 80 valence electrons. The van der Waals surface area contributed by atoms with Crippen LogP contribution in [-0.4, -0.2) is 43.6 Å². The first kappa shape index (κ1) is 13.4. The van der Waals surface area contributed by atoms with Crippen molar-refractivity contribution < 1.29 is 4.74 Å². The lowest BCUT2D eigenvalue weighted by molar-refractivity contribution is 0.150. The number of unbranched alkanes of at least 4 members (excludes halogenated alkanes) is 2. The minimum atomic E-state index is 0.846. The summed E-state index contributed by atoms with van der Waals surface area (Å²) >= 11 is 3.47. The molecule has 0 radical (unpaired) electrons. The number of halogens is 1. The first-order valence-corrected chi connectivity index (χ1v) is 6.24. The van der Waals surface area contributed by atoms with Gasteiger partial charge in [0.2, 0.25) is 0 Å². The van der Waals surface area contributed by atoms with Crippen LogP contribution in [0.1, 0.15) is 26.2 Å². The third kappa shape index (κ3) is 8.72. The van der Waals surface area contributed by atoms with Gasteiger partial charge in [-0.25, -0.2) is 0 Å². The summed E-state index contributed by atoms with van der Waals surface area (Å²) in [6.45, 7) is 6.49. The fourth-order valence-electron chi connectivity index (χ4n) is 1.26. The van der Waals surface area contributed by atoms with Gasteiger partial charge >= 0.3 is 0 Å². The van der Waals surface area contributed by atoms with Crippen molar-refractivity contribution in [3.8, 4) is 0 Å². The molecule has 0 unspecified atom stereocenters. The van der Waals surface area contributed by atoms with Crippen molar-refractivity contribution in [3.63, 3.8) is 0 Å². The summed E-state index contributed by atoms with van der Waals surface area (Å²) in [5.41, 5.74) is 0. The van der Waals surface area contributed by atoms with Crippen LogP contribution in [0.5, 0.6) is 0 Å². The highest BCUT2D eigenvalue weighted by atomic mass is 79.9. The van der Waals surface area contributed by atoms with Crippen molar-refractivity contribution in [3.05, 3.63) is 0 Å². The summed E-state index contributed by atoms with van der Waals surface area (Å²) < 4.78 is 5.07. The van der Waals surface area contributed by atoms with Gasteiger partial charge in [0.05, 0.1) is 6.61 Å². The minimum absolute atomic E-state index is 0.846. The average molecular weight is 252 g/mol. The zero-order valence-corrected chi connectivity index (χ0v) is 10.5. The zero-order valence-electron chi connectivity index (χ0n) is 8.89. The largest absolute Gasteiger partial charge is 0.383 e. The predicted octanol–water partition coefficient (Wildman–Crippen LogP) is 2.52. The Morgan fingerprint density at radius 2 is 1.92 bits per heavy atom. The van der Waals surface area contributed by atoms with E-state index in [-0.39, 0.29) is 0 Å². The molecule has 13 heavy (non-hydrogen) atoms. The molecule has 0 aliphatic carbocycles. The third-order valence-electron chi connectivity index (χ3n) is 2.09. The Kier molecular flexibility index (Phi) is 10.8. The number of alkyl halides is 1. The van der Waals surface area contributed by atoms with E-state index in [1.807, 2.05) is 0 Å². The quantitative estimate of drug-likeness (QED) is 0.462. The molecule has 0 spiro atoms. The van der Waals surface area contributed by atoms with Gasteiger partial charge in [-0.05, 0) is 13.0 Å². The molecule has 0 aromatic carbocycles. The molecule has 0 aromatic rings. The lowest BCUT2D eigenvalue weighted by Gasteiger charge is -2.20. The second kappa shape index (κ2) is 10.5. The van der Waals surface area contributed by atoms with Crippen molar-refractivity contribution in [2.75, 3.05) is 38.7 Å². The highest BCUT2D eigenvalue weighted by Gasteiger charge is 2.02. The Morgan fingerprint density at radius 3 is 2.46 bits per heavy atom. The van der Waals surface area contributed by atoms with Gasteiger partial charge in [-0.1, -0.05) is 35.7 Å². The number of ether oxygens (including phenoxy) is 1. The van der Waals surface area contributed by atoms with Crippen molar-refractivity contribution in [1.82, 2.24) is 4.90 Å². The molecule has 0 rings (SSSR count). The summed E-state index contributed by atoms with van der Waals surface area (Å²) in [7, 11) is 1.76. The standard InChI is InChI=1S/C10H22BrNO/c1-3-4-5-7-12(8-6-11)9-10-13-2/h3-10H2,1-2H3. The van der Waals surface area contributed by atoms with Crippen molar-refractivity contribution in [2.24, 2.45) is 0 Å². The fraction of sp³-hybridized carbons (Fsp3) is 1.00. The number of hydrogen-bond donors (Lipinski definition) is 0. The number of rotatable bonds is 9. The molecular weight excluding hydrogens is 230 g/mol. The van der Waals surface area contributed by atoms with Crippen LogP contribution in [0.15, 0.2) is 0 Å². The number of methoxy groups -OCH3 is 1. The van der Waals surface area contributed by atoms with Gasteiger partial charge in [0.25, 0.3) is 0 Å². The van der Waals surface area contributed by atoms with Crippen LogP contribution in [0.25, 0.3) is 0 Å². The first-order chi connectivity index (χ1) is 6.35. The van der Waals surface area contributed by atoms with Crippen molar-refractivity contribution >= 4 is 15.9 Å². The van der Waals surface area contributed by atoms with Gasteiger partial charge < -0.3 is 9.64 Å². The van der Waals surface area contributed by atoms with E-state index in [0.29, 0.717) is 0 Å². The van der Waals surface area contributed by atoms with E-state index in [1.54, 1.807) is 7.11 Å². The fourth-order valence-corrected chi connectivity index (χ4v) is 1.76. The molecule has 2 nitrogen and oxygen atoms in total. The molecule has 0 heterocycles. The van der Waals surface area contributed by atoms with E-state index in [9.17, 15) is 0 Å². The Morgan fingerprint density at radius 1 is 1.15 bits per heavy atom. The van der Waals surface area contributed by atoms with Gasteiger partial charge in [0.1, 0.15) is 0 Å². The van der Waals surface area contributed by atoms with Gasteiger partial charge in [-0.15, -0.1) is 0 Å². The van der Waals surface area contributed by atoms with Crippen LogP contribution < -0.4 is 0 Å². The molecule has 0 N–H and O–H groups in total. The second-order valence-electron chi connectivity index (χ2n) is 3.23. The van der Waals surface area contributed by atoms with E-state index < -0.39 is 0 Å². The molecule has 0 saturated carbocycles. The zero-order chi connectivity index (χ0) is 9.94. The Labute approximate surface area is 90.8 Å². The van der Waals surface area contributed by atoms with Crippen LogP contribution in [-0.2, 0) is 4.74 Å². The molecular formula is C10H22BrNO. The van der Waals surface area contributed by atoms with Gasteiger partial charge in [0.15, 0.2) is 0 Å². The molecule has 0 aliphatic rings. The highest BCUT2D eigenvalue weighted by Crippen LogP contribution is 1.99. The lowest BCUT2D eigenvalue weighted by Crippen LogP contribution is -2.30. The highest BCUT2D eigenvalue weighted by molar-refractivity contribution is 9.09. The maximum Gasteiger partial charge on any atom is 0.0589 e. The summed E-state index contributed by atoms with van der Waals surface area (Å²) in [5, 5.41) is 1.06. The van der Waals surface area contributed by atoms with Crippen LogP contribution in [0.2, 0.25) is 0 Å². The summed E-state index contributed by atoms with van der Waals surface area (Å²) in [4.78, 5) is 2.45. The lowest BCUT2D eigenvalue weighted by atomic mass is 10.2. The minimum Gasteiger partial charge on any atom is -0.383 e.